The van der Waals surface area contributed by atoms with Gasteiger partial charge in [-0.05, 0) is 12.1 Å². The number of imide groups is 1. The first-order valence-corrected chi connectivity index (χ1v) is 7.34. The Balaban J connectivity index is 1.72. The fourth-order valence-electron chi connectivity index (χ4n) is 2.31. The van der Waals surface area contributed by atoms with E-state index in [0.29, 0.717) is 16.2 Å². The summed E-state index contributed by atoms with van der Waals surface area (Å²) in [5, 5.41) is 0.491. The van der Waals surface area contributed by atoms with Crippen molar-refractivity contribution >= 4 is 23.6 Å². The lowest BCUT2D eigenvalue weighted by molar-refractivity contribution is -0.172. The van der Waals surface area contributed by atoms with Gasteiger partial charge in [0.25, 0.3) is 11.8 Å². The van der Waals surface area contributed by atoms with Crippen molar-refractivity contribution in [2.24, 2.45) is 0 Å². The fraction of sp³-hybridized carbons (Fsp3) is 0.111. The number of rotatable bonds is 4. The van der Waals surface area contributed by atoms with Crippen LogP contribution in [0.15, 0.2) is 54.6 Å². The van der Waals surface area contributed by atoms with Gasteiger partial charge in [0.05, 0.1) is 5.56 Å². The summed E-state index contributed by atoms with van der Waals surface area (Å²) in [6, 6.07) is 14.6. The highest BCUT2D eigenvalue weighted by Gasteiger charge is 2.33. The topological polar surface area (TPSA) is 80.8 Å². The van der Waals surface area contributed by atoms with Gasteiger partial charge in [-0.25, -0.2) is 4.79 Å². The van der Waals surface area contributed by atoms with Crippen molar-refractivity contribution in [2.75, 3.05) is 0 Å². The van der Waals surface area contributed by atoms with Crippen LogP contribution in [0.4, 0.5) is 0 Å². The van der Waals surface area contributed by atoms with Gasteiger partial charge in [-0.2, -0.15) is 0 Å². The van der Waals surface area contributed by atoms with Crippen molar-refractivity contribution in [1.29, 1.82) is 0 Å². The highest BCUT2D eigenvalue weighted by atomic mass is 16.7. The molecule has 1 heterocycles. The van der Waals surface area contributed by atoms with E-state index in [4.69, 9.17) is 4.84 Å². The number of nitrogens with zero attached hydrogens (tertiary/aromatic N) is 1. The van der Waals surface area contributed by atoms with Crippen LogP contribution in [0.5, 0.6) is 0 Å². The average molecular weight is 323 g/mol. The van der Waals surface area contributed by atoms with Gasteiger partial charge >= 0.3 is 5.97 Å². The first-order valence-electron chi connectivity index (χ1n) is 7.34. The number of hydroxylamine groups is 2. The first kappa shape index (κ1) is 15.6. The summed E-state index contributed by atoms with van der Waals surface area (Å²) < 4.78 is 0. The van der Waals surface area contributed by atoms with Gasteiger partial charge in [0.2, 0.25) is 0 Å². The highest BCUT2D eigenvalue weighted by molar-refractivity contribution is 6.09. The van der Waals surface area contributed by atoms with E-state index in [2.05, 4.69) is 0 Å². The zero-order valence-corrected chi connectivity index (χ0v) is 12.6. The second kappa shape index (κ2) is 6.45. The van der Waals surface area contributed by atoms with Crippen LogP contribution in [0.3, 0.4) is 0 Å². The number of carbonyl (C=O) groups excluding carboxylic acids is 4. The molecule has 0 aliphatic carbocycles. The molecule has 0 spiro atoms. The molecule has 1 aliphatic rings. The van der Waals surface area contributed by atoms with E-state index in [9.17, 15) is 19.2 Å². The molecule has 0 unspecified atom stereocenters. The third-order valence-corrected chi connectivity index (χ3v) is 3.60. The number of ketones is 1. The summed E-state index contributed by atoms with van der Waals surface area (Å²) in [6.45, 7) is 0. The van der Waals surface area contributed by atoms with E-state index in [0.717, 1.165) is 0 Å². The number of benzene rings is 2. The molecule has 0 radical (unpaired) electrons. The number of amides is 2. The van der Waals surface area contributed by atoms with Crippen molar-refractivity contribution < 1.29 is 24.0 Å². The van der Waals surface area contributed by atoms with Crippen LogP contribution in [-0.4, -0.2) is 28.6 Å². The quantitative estimate of drug-likeness (QED) is 0.636. The summed E-state index contributed by atoms with van der Waals surface area (Å²) in [5.74, 6) is -2.06. The predicted octanol–water partition coefficient (Wildman–Crippen LogP) is 2.14. The molecule has 24 heavy (non-hydrogen) atoms. The zero-order valence-electron chi connectivity index (χ0n) is 12.6. The molecule has 3 rings (SSSR count). The van der Waals surface area contributed by atoms with Crippen molar-refractivity contribution in [3.63, 3.8) is 0 Å². The number of hydrogen-bond donors (Lipinski definition) is 0. The Labute approximate surface area is 137 Å². The van der Waals surface area contributed by atoms with Gasteiger partial charge < -0.3 is 4.84 Å². The molecule has 6 heteroatoms. The molecular weight excluding hydrogens is 310 g/mol. The van der Waals surface area contributed by atoms with Gasteiger partial charge in [-0.3, -0.25) is 14.4 Å². The summed E-state index contributed by atoms with van der Waals surface area (Å²) in [7, 11) is 0. The summed E-state index contributed by atoms with van der Waals surface area (Å²) in [4.78, 5) is 52.0. The van der Waals surface area contributed by atoms with E-state index >= 15 is 0 Å². The van der Waals surface area contributed by atoms with E-state index in [1.54, 1.807) is 24.3 Å². The Morgan fingerprint density at radius 1 is 0.750 bits per heavy atom. The van der Waals surface area contributed by atoms with Crippen LogP contribution in [0.1, 0.15) is 39.1 Å². The monoisotopic (exact) mass is 323 g/mol. The minimum Gasteiger partial charge on any atom is -0.325 e. The molecule has 0 bridgehead atoms. The van der Waals surface area contributed by atoms with E-state index in [1.165, 1.54) is 24.3 Å². The Hall–Kier alpha value is -3.28. The van der Waals surface area contributed by atoms with Gasteiger partial charge in [-0.1, -0.05) is 42.5 Å². The lowest BCUT2D eigenvalue weighted by Crippen LogP contribution is -2.32. The standard InChI is InChI=1S/C18H13NO5/c20-15-10-11-16(21)19(15)24-18(23)14-8-6-13(7-9-14)17(22)12-4-2-1-3-5-12/h1-9H,10-11H2. The lowest BCUT2D eigenvalue weighted by atomic mass is 10.0. The first-order chi connectivity index (χ1) is 11.6. The van der Waals surface area contributed by atoms with Crippen molar-refractivity contribution in [3.05, 3.63) is 71.3 Å². The SMILES string of the molecule is O=C(ON1C(=O)CCC1=O)c1ccc(C(=O)c2ccccc2)cc1. The third-order valence-electron chi connectivity index (χ3n) is 3.60. The van der Waals surface area contributed by atoms with Crippen LogP contribution in [0.25, 0.3) is 0 Å². The van der Waals surface area contributed by atoms with Crippen LogP contribution in [-0.2, 0) is 14.4 Å². The molecule has 0 atom stereocenters. The summed E-state index contributed by atoms with van der Waals surface area (Å²) in [6.07, 6.45) is 0.0766. The number of carbonyl (C=O) groups is 4. The van der Waals surface area contributed by atoms with Gasteiger partial charge in [0.1, 0.15) is 0 Å². The van der Waals surface area contributed by atoms with Gasteiger partial charge in [-0.15, -0.1) is 5.06 Å². The maximum absolute atomic E-state index is 12.3. The molecule has 1 aliphatic heterocycles. The molecule has 2 aromatic rings. The van der Waals surface area contributed by atoms with Crippen LogP contribution in [0, 0.1) is 0 Å². The van der Waals surface area contributed by atoms with E-state index < -0.39 is 17.8 Å². The fourth-order valence-corrected chi connectivity index (χ4v) is 2.31. The predicted molar refractivity (Wildman–Crippen MR) is 82.8 cm³/mol. The van der Waals surface area contributed by atoms with Gasteiger partial charge in [0.15, 0.2) is 5.78 Å². The molecular formula is C18H13NO5. The molecule has 120 valence electrons. The lowest BCUT2D eigenvalue weighted by Gasteiger charge is -2.12. The molecule has 1 saturated heterocycles. The summed E-state index contributed by atoms with van der Waals surface area (Å²) >= 11 is 0. The molecule has 0 aromatic heterocycles. The largest absolute Gasteiger partial charge is 0.363 e. The van der Waals surface area contributed by atoms with Crippen molar-refractivity contribution in [1.82, 2.24) is 5.06 Å². The van der Waals surface area contributed by atoms with Crippen molar-refractivity contribution in [2.45, 2.75) is 12.8 Å². The second-order valence-electron chi connectivity index (χ2n) is 5.23. The maximum Gasteiger partial charge on any atom is 0.363 e. The Morgan fingerprint density at radius 2 is 1.25 bits per heavy atom. The van der Waals surface area contributed by atoms with Gasteiger partial charge in [0, 0.05) is 24.0 Å². The number of hydrogen-bond acceptors (Lipinski definition) is 5. The van der Waals surface area contributed by atoms with E-state index in [1.807, 2.05) is 6.07 Å². The zero-order chi connectivity index (χ0) is 17.1. The highest BCUT2D eigenvalue weighted by Crippen LogP contribution is 2.16. The minimum atomic E-state index is -0.822. The molecule has 2 aromatic carbocycles. The van der Waals surface area contributed by atoms with Crippen LogP contribution >= 0.6 is 0 Å². The van der Waals surface area contributed by atoms with Crippen molar-refractivity contribution in [3.8, 4) is 0 Å². The Kier molecular flexibility index (Phi) is 4.20. The van der Waals surface area contributed by atoms with Crippen LogP contribution in [0.2, 0.25) is 0 Å². The average Bonchev–Trinajstić information content (AvgIpc) is 2.94. The molecule has 6 nitrogen and oxygen atoms in total. The third kappa shape index (κ3) is 3.08. The van der Waals surface area contributed by atoms with E-state index in [-0.39, 0.29) is 24.2 Å². The second-order valence-corrected chi connectivity index (χ2v) is 5.23. The molecule has 1 fully saturated rings. The van der Waals surface area contributed by atoms with Crippen LogP contribution < -0.4 is 0 Å². The normalized spacial score (nSPS) is 13.9. The smallest absolute Gasteiger partial charge is 0.325 e. The molecule has 0 N–H and O–H groups in total. The molecule has 2 amide bonds. The Bertz CT molecular complexity index is 795. The maximum atomic E-state index is 12.3. The minimum absolute atomic E-state index is 0.0383. The Morgan fingerprint density at radius 3 is 1.83 bits per heavy atom. The summed E-state index contributed by atoms with van der Waals surface area (Å²) in [5.41, 5.74) is 1.11. The molecule has 0 saturated carbocycles.